The molecule has 0 radical (unpaired) electrons. The van der Waals surface area contributed by atoms with Crippen LogP contribution in [-0.2, 0) is 0 Å². The van der Waals surface area contributed by atoms with E-state index in [1.807, 2.05) is 0 Å². The number of allylic oxidation sites excluding steroid dienone is 4. The van der Waals surface area contributed by atoms with Gasteiger partial charge in [-0.3, -0.25) is 0 Å². The van der Waals surface area contributed by atoms with E-state index in [2.05, 4.69) is 39.8 Å². The molecule has 0 atom stereocenters. The van der Waals surface area contributed by atoms with Gasteiger partial charge in [-0.1, -0.05) is 43.1 Å². The minimum atomic E-state index is 1.21. The molecule has 0 saturated heterocycles. The molecule has 13 heavy (non-hydrogen) atoms. The average molecular weight is 180 g/mol. The minimum absolute atomic E-state index is 1.21. The van der Waals surface area contributed by atoms with Crippen LogP contribution >= 0.6 is 0 Å². The van der Waals surface area contributed by atoms with Gasteiger partial charge in [-0.15, -0.1) is 0 Å². The summed E-state index contributed by atoms with van der Waals surface area (Å²) in [6.45, 7) is 8.81. The van der Waals surface area contributed by atoms with E-state index in [-0.39, 0.29) is 0 Å². The zero-order valence-electron chi connectivity index (χ0n) is 9.69. The van der Waals surface area contributed by atoms with Crippen LogP contribution in [0.3, 0.4) is 0 Å². The first-order chi connectivity index (χ1) is 6.16. The highest BCUT2D eigenvalue weighted by Gasteiger charge is 1.88. The van der Waals surface area contributed by atoms with Gasteiger partial charge in [0.2, 0.25) is 0 Å². The van der Waals surface area contributed by atoms with Gasteiger partial charge in [-0.25, -0.2) is 0 Å². The van der Waals surface area contributed by atoms with Crippen molar-refractivity contribution in [3.63, 3.8) is 0 Å². The summed E-state index contributed by atoms with van der Waals surface area (Å²) in [4.78, 5) is 0. The van der Waals surface area contributed by atoms with E-state index in [9.17, 15) is 0 Å². The molecule has 0 N–H and O–H groups in total. The lowest BCUT2D eigenvalue weighted by atomic mass is 10.1. The topological polar surface area (TPSA) is 0 Å². The molecule has 0 aliphatic carbocycles. The van der Waals surface area contributed by atoms with Crippen LogP contribution in [0.15, 0.2) is 23.3 Å². The molecule has 0 aliphatic rings. The second-order valence-corrected chi connectivity index (χ2v) is 4.01. The molecule has 0 heteroatoms. The molecular weight excluding hydrogens is 156 g/mol. The van der Waals surface area contributed by atoms with Gasteiger partial charge in [0, 0.05) is 0 Å². The molecule has 0 bridgehead atoms. The van der Waals surface area contributed by atoms with Crippen LogP contribution in [0.25, 0.3) is 0 Å². The summed E-state index contributed by atoms with van der Waals surface area (Å²) in [6, 6.07) is 0. The van der Waals surface area contributed by atoms with Crippen molar-refractivity contribution in [2.75, 3.05) is 0 Å². The fourth-order valence-electron chi connectivity index (χ4n) is 1.24. The smallest absolute Gasteiger partial charge is 0.0288 e. The molecule has 0 rings (SSSR count). The van der Waals surface area contributed by atoms with Crippen molar-refractivity contribution in [3.05, 3.63) is 23.3 Å². The molecule has 0 aromatic carbocycles. The van der Waals surface area contributed by atoms with Crippen LogP contribution in [-0.4, -0.2) is 0 Å². The maximum absolute atomic E-state index is 2.39. The van der Waals surface area contributed by atoms with E-state index in [1.54, 1.807) is 5.57 Å². The molecule has 0 aromatic heterocycles. The summed E-state index contributed by atoms with van der Waals surface area (Å²) in [5.41, 5.74) is 2.98. The summed E-state index contributed by atoms with van der Waals surface area (Å²) in [7, 11) is 0. The Labute approximate surface area is 83.7 Å². The quantitative estimate of drug-likeness (QED) is 0.404. The van der Waals surface area contributed by atoms with Crippen molar-refractivity contribution in [2.45, 2.75) is 59.8 Å². The second-order valence-electron chi connectivity index (χ2n) is 4.01. The number of rotatable bonds is 6. The third-order valence-corrected chi connectivity index (χ3v) is 2.14. The molecule has 0 fully saturated rings. The van der Waals surface area contributed by atoms with Crippen molar-refractivity contribution in [1.82, 2.24) is 0 Å². The van der Waals surface area contributed by atoms with E-state index in [0.717, 1.165) is 0 Å². The highest BCUT2D eigenvalue weighted by molar-refractivity contribution is 5.01. The van der Waals surface area contributed by atoms with Crippen LogP contribution < -0.4 is 0 Å². The fraction of sp³-hybridized carbons (Fsp3) is 0.692. The first-order valence-corrected chi connectivity index (χ1v) is 5.45. The van der Waals surface area contributed by atoms with Crippen molar-refractivity contribution in [3.8, 4) is 0 Å². The SMILES string of the molecule is CCCC/C=C(\C)CCC=C(C)C. The highest BCUT2D eigenvalue weighted by atomic mass is 13.9. The van der Waals surface area contributed by atoms with E-state index >= 15 is 0 Å². The summed E-state index contributed by atoms with van der Waals surface area (Å²) < 4.78 is 0. The average Bonchev–Trinajstić information content (AvgIpc) is 2.04. The Morgan fingerprint density at radius 2 is 1.69 bits per heavy atom. The summed E-state index contributed by atoms with van der Waals surface area (Å²) in [5, 5.41) is 0. The molecule has 0 aromatic rings. The molecular formula is C13H24. The Hall–Kier alpha value is -0.520. The van der Waals surface area contributed by atoms with Gasteiger partial charge in [0.15, 0.2) is 0 Å². The Balaban J connectivity index is 3.55. The lowest BCUT2D eigenvalue weighted by Gasteiger charge is -1.98. The lowest BCUT2D eigenvalue weighted by Crippen LogP contribution is -1.78. The van der Waals surface area contributed by atoms with E-state index in [1.165, 1.54) is 37.7 Å². The third-order valence-electron chi connectivity index (χ3n) is 2.14. The van der Waals surface area contributed by atoms with Gasteiger partial charge < -0.3 is 0 Å². The van der Waals surface area contributed by atoms with Crippen LogP contribution in [0.5, 0.6) is 0 Å². The van der Waals surface area contributed by atoms with Gasteiger partial charge >= 0.3 is 0 Å². The molecule has 0 unspecified atom stereocenters. The van der Waals surface area contributed by atoms with Gasteiger partial charge in [0.1, 0.15) is 0 Å². The minimum Gasteiger partial charge on any atom is -0.0856 e. The van der Waals surface area contributed by atoms with Gasteiger partial charge in [-0.05, 0) is 40.0 Å². The Morgan fingerprint density at radius 1 is 1.00 bits per heavy atom. The zero-order valence-corrected chi connectivity index (χ0v) is 9.69. The molecule has 76 valence electrons. The van der Waals surface area contributed by atoms with Crippen molar-refractivity contribution in [2.24, 2.45) is 0 Å². The lowest BCUT2D eigenvalue weighted by molar-refractivity contribution is 0.804. The summed E-state index contributed by atoms with van der Waals surface area (Å²) in [5.74, 6) is 0. The summed E-state index contributed by atoms with van der Waals surface area (Å²) in [6.07, 6.45) is 11.0. The molecule has 0 amide bonds. The largest absolute Gasteiger partial charge is 0.0856 e. The Bertz CT molecular complexity index is 168. The first-order valence-electron chi connectivity index (χ1n) is 5.45. The number of hydrogen-bond donors (Lipinski definition) is 0. The van der Waals surface area contributed by atoms with E-state index < -0.39 is 0 Å². The third kappa shape index (κ3) is 9.39. The Morgan fingerprint density at radius 3 is 2.23 bits per heavy atom. The summed E-state index contributed by atoms with van der Waals surface area (Å²) >= 11 is 0. The van der Waals surface area contributed by atoms with Crippen LogP contribution in [0.2, 0.25) is 0 Å². The number of unbranched alkanes of at least 4 members (excludes halogenated alkanes) is 2. The maximum atomic E-state index is 2.39. The molecule has 0 nitrogen and oxygen atoms in total. The molecule has 0 saturated carbocycles. The normalized spacial score (nSPS) is 11.5. The van der Waals surface area contributed by atoms with Crippen molar-refractivity contribution in [1.29, 1.82) is 0 Å². The van der Waals surface area contributed by atoms with Gasteiger partial charge in [0.25, 0.3) is 0 Å². The zero-order chi connectivity index (χ0) is 10.1. The fourth-order valence-corrected chi connectivity index (χ4v) is 1.24. The molecule has 0 aliphatic heterocycles. The monoisotopic (exact) mass is 180 g/mol. The van der Waals surface area contributed by atoms with Crippen LogP contribution in [0, 0.1) is 0 Å². The first kappa shape index (κ1) is 12.5. The van der Waals surface area contributed by atoms with Crippen LogP contribution in [0.1, 0.15) is 59.8 Å². The second kappa shape index (κ2) is 8.10. The molecule has 0 spiro atoms. The van der Waals surface area contributed by atoms with Crippen molar-refractivity contribution < 1.29 is 0 Å². The van der Waals surface area contributed by atoms with E-state index in [0.29, 0.717) is 0 Å². The Kier molecular flexibility index (Phi) is 7.77. The predicted octanol–water partition coefficient (Wildman–Crippen LogP) is 4.87. The van der Waals surface area contributed by atoms with E-state index in [4.69, 9.17) is 0 Å². The van der Waals surface area contributed by atoms with Gasteiger partial charge in [-0.2, -0.15) is 0 Å². The number of hydrogen-bond acceptors (Lipinski definition) is 0. The predicted molar refractivity (Wildman–Crippen MR) is 61.9 cm³/mol. The van der Waals surface area contributed by atoms with Crippen LogP contribution in [0.4, 0.5) is 0 Å². The van der Waals surface area contributed by atoms with Gasteiger partial charge in [0.05, 0.1) is 0 Å². The van der Waals surface area contributed by atoms with Crippen molar-refractivity contribution >= 4 is 0 Å². The standard InChI is InChI=1S/C13H24/c1-5-6-7-10-13(4)11-8-9-12(2)3/h9-10H,5-8,11H2,1-4H3/b13-10+. The maximum Gasteiger partial charge on any atom is -0.0288 e. The highest BCUT2D eigenvalue weighted by Crippen LogP contribution is 2.08. The molecule has 0 heterocycles.